The van der Waals surface area contributed by atoms with Crippen LogP contribution in [0.1, 0.15) is 5.69 Å². The van der Waals surface area contributed by atoms with Crippen molar-refractivity contribution in [1.29, 1.82) is 0 Å². The number of methoxy groups -OCH3 is 1. The van der Waals surface area contributed by atoms with Crippen LogP contribution in [0.2, 0.25) is 0 Å². The normalized spacial score (nSPS) is 17.9. The number of nitrogens with one attached hydrogen (secondary N) is 1. The van der Waals surface area contributed by atoms with Crippen molar-refractivity contribution in [2.75, 3.05) is 56.3 Å². The summed E-state index contributed by atoms with van der Waals surface area (Å²) in [5.41, 5.74) is 1.70. The summed E-state index contributed by atoms with van der Waals surface area (Å²) in [6, 6.07) is 11.9. The molecule has 0 saturated carbocycles. The molecule has 9 nitrogen and oxygen atoms in total. The van der Waals surface area contributed by atoms with Crippen LogP contribution in [0, 0.1) is 0 Å². The number of imide groups is 1. The molecular formula is C21H23N5O4S. The molecule has 0 bridgehead atoms. The zero-order chi connectivity index (χ0) is 21.6. The number of hydrogen-bond acceptors (Lipinski definition) is 9. The van der Waals surface area contributed by atoms with Gasteiger partial charge >= 0.3 is 0 Å². The van der Waals surface area contributed by atoms with E-state index in [1.807, 2.05) is 18.2 Å². The Bertz CT molecular complexity index is 977. The van der Waals surface area contributed by atoms with Crippen molar-refractivity contribution in [3.05, 3.63) is 47.0 Å². The van der Waals surface area contributed by atoms with Gasteiger partial charge in [-0.25, -0.2) is 4.98 Å². The average Bonchev–Trinajstić information content (AvgIpc) is 3.11. The van der Waals surface area contributed by atoms with Crippen LogP contribution in [0.5, 0.6) is 5.88 Å². The zero-order valence-electron chi connectivity index (χ0n) is 17.1. The van der Waals surface area contributed by atoms with Gasteiger partial charge in [0.2, 0.25) is 11.8 Å². The maximum atomic E-state index is 11.9. The Balaban J connectivity index is 1.53. The summed E-state index contributed by atoms with van der Waals surface area (Å²) < 4.78 is 10.7. The van der Waals surface area contributed by atoms with E-state index in [0.29, 0.717) is 35.6 Å². The molecule has 31 heavy (non-hydrogen) atoms. The van der Waals surface area contributed by atoms with Gasteiger partial charge in [-0.1, -0.05) is 18.2 Å². The van der Waals surface area contributed by atoms with Crippen molar-refractivity contribution in [2.24, 2.45) is 0 Å². The fourth-order valence-electron chi connectivity index (χ4n) is 3.31. The molecular weight excluding hydrogens is 418 g/mol. The highest BCUT2D eigenvalue weighted by Crippen LogP contribution is 2.27. The standard InChI is InChI=1S/C21H23N5O4S/c1-29-11-12-30-18-14-15(13-17-19(27)24-21(28)31-17)22-20(23-18)26-9-7-25(8-10-26)16-5-3-2-4-6-16/h2-6,13-14H,7-12H2,1H3,(H,24,27,28)/b17-13+. The number of amides is 2. The first-order valence-corrected chi connectivity index (χ1v) is 10.7. The van der Waals surface area contributed by atoms with Crippen molar-refractivity contribution >= 4 is 40.6 Å². The van der Waals surface area contributed by atoms with Crippen molar-refractivity contribution in [3.63, 3.8) is 0 Å². The fourth-order valence-corrected chi connectivity index (χ4v) is 3.97. The second-order valence-electron chi connectivity index (χ2n) is 6.93. The molecule has 3 heterocycles. The summed E-state index contributed by atoms with van der Waals surface area (Å²) in [6.07, 6.45) is 1.58. The molecule has 4 rings (SSSR count). The molecule has 2 amide bonds. The van der Waals surface area contributed by atoms with Gasteiger partial charge in [0.25, 0.3) is 11.1 Å². The summed E-state index contributed by atoms with van der Waals surface area (Å²) in [6.45, 7) is 3.95. The lowest BCUT2D eigenvalue weighted by Gasteiger charge is -2.36. The first-order valence-electron chi connectivity index (χ1n) is 9.93. The number of benzene rings is 1. The van der Waals surface area contributed by atoms with Gasteiger partial charge < -0.3 is 19.3 Å². The number of carbonyl (C=O) groups is 2. The second kappa shape index (κ2) is 9.80. The first-order chi connectivity index (χ1) is 15.1. The summed E-state index contributed by atoms with van der Waals surface area (Å²) in [7, 11) is 1.60. The van der Waals surface area contributed by atoms with E-state index in [1.54, 1.807) is 19.3 Å². The molecule has 2 aliphatic rings. The Hall–Kier alpha value is -3.11. The lowest BCUT2D eigenvalue weighted by atomic mass is 10.2. The van der Waals surface area contributed by atoms with E-state index in [4.69, 9.17) is 9.47 Å². The monoisotopic (exact) mass is 441 g/mol. The van der Waals surface area contributed by atoms with Crippen molar-refractivity contribution in [2.45, 2.75) is 0 Å². The van der Waals surface area contributed by atoms with Crippen LogP contribution in [-0.2, 0) is 9.53 Å². The van der Waals surface area contributed by atoms with Crippen LogP contribution < -0.4 is 19.9 Å². The van der Waals surface area contributed by atoms with Crippen LogP contribution in [0.3, 0.4) is 0 Å². The van der Waals surface area contributed by atoms with Gasteiger partial charge in [-0.15, -0.1) is 0 Å². The molecule has 0 aliphatic carbocycles. The smallest absolute Gasteiger partial charge is 0.290 e. The average molecular weight is 442 g/mol. The van der Waals surface area contributed by atoms with Gasteiger partial charge in [0.1, 0.15) is 6.61 Å². The van der Waals surface area contributed by atoms with Gasteiger partial charge in [0, 0.05) is 45.0 Å². The molecule has 10 heteroatoms. The topological polar surface area (TPSA) is 96.9 Å². The predicted molar refractivity (Wildman–Crippen MR) is 119 cm³/mol. The number of hydrogen-bond donors (Lipinski definition) is 1. The summed E-state index contributed by atoms with van der Waals surface area (Å²) >= 11 is 0.855. The SMILES string of the molecule is COCCOc1cc(/C=C2/SC(=O)NC2=O)nc(N2CCN(c3ccccc3)CC2)n1. The number of piperazine rings is 1. The van der Waals surface area contributed by atoms with E-state index in [-0.39, 0.29) is 5.24 Å². The molecule has 2 saturated heterocycles. The lowest BCUT2D eigenvalue weighted by molar-refractivity contribution is -0.115. The van der Waals surface area contributed by atoms with Crippen molar-refractivity contribution in [1.82, 2.24) is 15.3 Å². The van der Waals surface area contributed by atoms with E-state index in [9.17, 15) is 9.59 Å². The minimum absolute atomic E-state index is 0.298. The Morgan fingerprint density at radius 2 is 1.81 bits per heavy atom. The Kier molecular flexibility index (Phi) is 6.68. The highest BCUT2D eigenvalue weighted by molar-refractivity contribution is 8.18. The number of para-hydroxylation sites is 1. The van der Waals surface area contributed by atoms with Gasteiger partial charge in [-0.3, -0.25) is 14.9 Å². The summed E-state index contributed by atoms with van der Waals surface area (Å²) in [4.78, 5) is 37.3. The van der Waals surface area contributed by atoms with E-state index < -0.39 is 5.91 Å². The zero-order valence-corrected chi connectivity index (χ0v) is 17.9. The summed E-state index contributed by atoms with van der Waals surface area (Å²) in [5.74, 6) is 0.506. The molecule has 162 valence electrons. The fraction of sp³-hybridized carbons (Fsp3) is 0.333. The third-order valence-electron chi connectivity index (χ3n) is 4.85. The van der Waals surface area contributed by atoms with Crippen LogP contribution >= 0.6 is 11.8 Å². The van der Waals surface area contributed by atoms with E-state index >= 15 is 0 Å². The lowest BCUT2D eigenvalue weighted by Crippen LogP contribution is -2.47. The van der Waals surface area contributed by atoms with Gasteiger partial charge in [-0.05, 0) is 30.0 Å². The minimum atomic E-state index is -0.423. The predicted octanol–water partition coefficient (Wildman–Crippen LogP) is 2.15. The molecule has 2 fully saturated rings. The van der Waals surface area contributed by atoms with Crippen molar-refractivity contribution < 1.29 is 19.1 Å². The molecule has 2 aliphatic heterocycles. The second-order valence-corrected chi connectivity index (χ2v) is 7.95. The molecule has 1 aromatic heterocycles. The molecule has 0 unspecified atom stereocenters. The van der Waals surface area contributed by atoms with E-state index in [1.165, 1.54) is 5.69 Å². The Morgan fingerprint density at radius 3 is 2.48 bits per heavy atom. The highest BCUT2D eigenvalue weighted by atomic mass is 32.2. The minimum Gasteiger partial charge on any atom is -0.475 e. The van der Waals surface area contributed by atoms with Crippen LogP contribution in [0.4, 0.5) is 16.4 Å². The number of carbonyl (C=O) groups excluding carboxylic acids is 2. The molecule has 1 N–H and O–H groups in total. The molecule has 0 radical (unpaired) electrons. The largest absolute Gasteiger partial charge is 0.475 e. The Morgan fingerprint density at radius 1 is 1.06 bits per heavy atom. The van der Waals surface area contributed by atoms with Crippen LogP contribution in [-0.4, -0.2) is 67.6 Å². The quantitative estimate of drug-likeness (QED) is 0.512. The van der Waals surface area contributed by atoms with Crippen LogP contribution in [0.15, 0.2) is 41.3 Å². The maximum absolute atomic E-state index is 11.9. The number of aromatic nitrogens is 2. The summed E-state index contributed by atoms with van der Waals surface area (Å²) in [5, 5.41) is 1.86. The van der Waals surface area contributed by atoms with Gasteiger partial charge in [0.05, 0.1) is 17.2 Å². The molecule has 0 spiro atoms. The third kappa shape index (κ3) is 5.33. The van der Waals surface area contributed by atoms with E-state index in [0.717, 1.165) is 37.9 Å². The molecule has 2 aromatic rings. The van der Waals surface area contributed by atoms with Gasteiger partial charge in [0.15, 0.2) is 0 Å². The number of anilines is 2. The number of ether oxygens (including phenoxy) is 2. The highest BCUT2D eigenvalue weighted by Gasteiger charge is 2.26. The van der Waals surface area contributed by atoms with E-state index in [2.05, 4.69) is 37.2 Å². The first kappa shape index (κ1) is 21.1. The maximum Gasteiger partial charge on any atom is 0.290 e. The third-order valence-corrected chi connectivity index (χ3v) is 5.66. The molecule has 0 atom stereocenters. The Labute approximate surface area is 184 Å². The number of rotatable bonds is 7. The van der Waals surface area contributed by atoms with Crippen LogP contribution in [0.25, 0.3) is 6.08 Å². The number of nitrogens with zero attached hydrogens (tertiary/aromatic N) is 4. The molecule has 1 aromatic carbocycles. The van der Waals surface area contributed by atoms with Crippen molar-refractivity contribution in [3.8, 4) is 5.88 Å². The van der Waals surface area contributed by atoms with Gasteiger partial charge in [-0.2, -0.15) is 4.98 Å². The number of thioether (sulfide) groups is 1.